The Morgan fingerprint density at radius 2 is 1.66 bits per heavy atom. The zero-order chi connectivity index (χ0) is 20.2. The molecule has 5 heteroatoms. The van der Waals surface area contributed by atoms with Crippen LogP contribution >= 0.6 is 0 Å². The lowest BCUT2D eigenvalue weighted by Crippen LogP contribution is -2.63. The fraction of sp³-hybridized carbons (Fsp3) is 0.333. The number of terminal acetylenes is 1. The van der Waals surface area contributed by atoms with Crippen LogP contribution in [0.15, 0.2) is 60.7 Å². The molecule has 1 amide bonds. The number of Topliss-reactive ketones (excluding diaryl/α,β-unsaturated/α-hetero) is 1. The summed E-state index contributed by atoms with van der Waals surface area (Å²) in [4.78, 5) is 26.4. The third kappa shape index (κ3) is 3.95. The molecule has 2 saturated heterocycles. The number of fused-ring (bicyclic) bond motifs is 1. The largest absolute Gasteiger partial charge is 0.340 e. The highest BCUT2D eigenvalue weighted by molar-refractivity contribution is 6.02. The van der Waals surface area contributed by atoms with Crippen LogP contribution in [0, 0.1) is 18.3 Å². The second kappa shape index (κ2) is 8.60. The van der Waals surface area contributed by atoms with E-state index in [9.17, 15) is 9.59 Å². The van der Waals surface area contributed by atoms with Crippen molar-refractivity contribution in [1.82, 2.24) is 16.0 Å². The molecule has 29 heavy (non-hydrogen) atoms. The molecule has 5 atom stereocenters. The summed E-state index contributed by atoms with van der Waals surface area (Å²) in [5, 5.41) is 9.98. The second-order valence-corrected chi connectivity index (χ2v) is 7.64. The van der Waals surface area contributed by atoms with Crippen molar-refractivity contribution in [1.29, 1.82) is 0 Å². The van der Waals surface area contributed by atoms with Gasteiger partial charge in [0, 0.05) is 17.9 Å². The van der Waals surface area contributed by atoms with Crippen LogP contribution in [0.4, 0.5) is 0 Å². The quantitative estimate of drug-likeness (QED) is 0.404. The van der Waals surface area contributed by atoms with E-state index in [0.29, 0.717) is 12.0 Å². The average molecular weight is 387 g/mol. The Kier molecular flexibility index (Phi) is 5.75. The number of carbonyl (C=O) groups excluding carboxylic acids is 2. The Morgan fingerprint density at radius 1 is 0.966 bits per heavy atom. The van der Waals surface area contributed by atoms with Crippen molar-refractivity contribution in [2.45, 2.75) is 43.6 Å². The van der Waals surface area contributed by atoms with Gasteiger partial charge in [-0.3, -0.25) is 20.2 Å². The zero-order valence-corrected chi connectivity index (χ0v) is 16.2. The molecular formula is C24H25N3O2. The maximum atomic E-state index is 13.3. The Bertz CT molecular complexity index is 907. The fourth-order valence-electron chi connectivity index (χ4n) is 4.47. The van der Waals surface area contributed by atoms with Gasteiger partial charge in [-0.25, -0.2) is 0 Å². The number of rotatable bonds is 6. The van der Waals surface area contributed by atoms with Gasteiger partial charge in [0.1, 0.15) is 0 Å². The third-order valence-electron chi connectivity index (χ3n) is 5.80. The van der Waals surface area contributed by atoms with E-state index in [1.165, 1.54) is 0 Å². The first-order chi connectivity index (χ1) is 14.2. The smallest absolute Gasteiger partial charge is 0.227 e. The zero-order valence-electron chi connectivity index (χ0n) is 16.2. The third-order valence-corrected chi connectivity index (χ3v) is 5.80. The summed E-state index contributed by atoms with van der Waals surface area (Å²) in [6, 6.07) is 18.6. The lowest BCUT2D eigenvalue weighted by molar-refractivity contribution is -0.129. The van der Waals surface area contributed by atoms with Crippen molar-refractivity contribution in [2.24, 2.45) is 5.92 Å². The summed E-state index contributed by atoms with van der Waals surface area (Å²) in [6.45, 7) is 0. The summed E-state index contributed by atoms with van der Waals surface area (Å²) < 4.78 is 0. The molecule has 3 N–H and O–H groups in total. The molecule has 148 valence electrons. The number of amides is 1. The predicted octanol–water partition coefficient (Wildman–Crippen LogP) is 2.42. The van der Waals surface area contributed by atoms with Crippen LogP contribution in [-0.4, -0.2) is 30.1 Å². The van der Waals surface area contributed by atoms with Gasteiger partial charge in [0.15, 0.2) is 5.78 Å². The molecule has 0 aromatic heterocycles. The molecule has 2 fully saturated rings. The van der Waals surface area contributed by atoms with Crippen LogP contribution in [-0.2, 0) is 4.79 Å². The minimum atomic E-state index is -0.475. The van der Waals surface area contributed by atoms with Gasteiger partial charge in [0.25, 0.3) is 0 Å². The van der Waals surface area contributed by atoms with Crippen LogP contribution in [0.2, 0.25) is 0 Å². The molecule has 2 heterocycles. The van der Waals surface area contributed by atoms with E-state index in [0.717, 1.165) is 18.4 Å². The molecule has 2 aliphatic rings. The van der Waals surface area contributed by atoms with Crippen LogP contribution in [0.25, 0.3) is 0 Å². The number of carbonyl (C=O) groups is 2. The first-order valence-electron chi connectivity index (χ1n) is 10.1. The van der Waals surface area contributed by atoms with Gasteiger partial charge in [-0.05, 0) is 18.4 Å². The normalized spacial score (nSPS) is 28.2. The Morgan fingerprint density at radius 3 is 2.34 bits per heavy atom. The van der Waals surface area contributed by atoms with E-state index in [2.05, 4.69) is 21.9 Å². The first-order valence-corrected chi connectivity index (χ1v) is 10.1. The lowest BCUT2D eigenvalue weighted by atomic mass is 9.79. The number of benzene rings is 2. The summed E-state index contributed by atoms with van der Waals surface area (Å²) in [7, 11) is 0. The summed E-state index contributed by atoms with van der Waals surface area (Å²) in [5.74, 6) is 2.01. The van der Waals surface area contributed by atoms with Crippen LogP contribution in [0.1, 0.15) is 41.1 Å². The molecule has 4 rings (SSSR count). The average Bonchev–Trinajstić information content (AvgIpc) is 3.15. The molecule has 5 unspecified atom stereocenters. The van der Waals surface area contributed by atoms with Gasteiger partial charge in [0.2, 0.25) is 5.91 Å². The van der Waals surface area contributed by atoms with Crippen molar-refractivity contribution in [2.75, 3.05) is 0 Å². The SMILES string of the molecule is C#CCCCC1NC(=O)C2C(N1)NC(C(=O)c1ccccc1)C2c1ccccc1. The van der Waals surface area contributed by atoms with E-state index >= 15 is 0 Å². The van der Waals surface area contributed by atoms with E-state index in [4.69, 9.17) is 6.42 Å². The number of hydrogen-bond donors (Lipinski definition) is 3. The molecule has 2 aromatic rings. The van der Waals surface area contributed by atoms with Crippen molar-refractivity contribution in [3.63, 3.8) is 0 Å². The van der Waals surface area contributed by atoms with Gasteiger partial charge in [-0.15, -0.1) is 12.3 Å². The highest BCUT2D eigenvalue weighted by Crippen LogP contribution is 2.38. The van der Waals surface area contributed by atoms with E-state index in [1.54, 1.807) is 0 Å². The molecule has 0 aliphatic carbocycles. The Balaban J connectivity index is 1.62. The Labute approximate surface area is 171 Å². The van der Waals surface area contributed by atoms with E-state index < -0.39 is 6.04 Å². The molecule has 0 bridgehead atoms. The minimum absolute atomic E-state index is 0.00679. The lowest BCUT2D eigenvalue weighted by Gasteiger charge is -2.35. The second-order valence-electron chi connectivity index (χ2n) is 7.64. The van der Waals surface area contributed by atoms with Gasteiger partial charge in [-0.1, -0.05) is 60.7 Å². The molecule has 0 saturated carbocycles. The summed E-state index contributed by atoms with van der Waals surface area (Å²) in [5.41, 5.74) is 1.64. The van der Waals surface area contributed by atoms with Crippen molar-refractivity contribution >= 4 is 11.7 Å². The van der Waals surface area contributed by atoms with Gasteiger partial charge < -0.3 is 5.32 Å². The standard InChI is InChI=1S/C24H25N3O2/c1-2-3-6-15-18-25-23-20(24(29)26-18)19(16-11-7-4-8-12-16)21(27-23)22(28)17-13-9-5-10-14-17/h1,4-5,7-14,18-21,23,25,27H,3,6,15H2,(H,26,29). The predicted molar refractivity (Wildman–Crippen MR) is 112 cm³/mol. The van der Waals surface area contributed by atoms with Gasteiger partial charge >= 0.3 is 0 Å². The first kappa shape index (κ1) is 19.4. The van der Waals surface area contributed by atoms with Crippen molar-refractivity contribution in [3.05, 3.63) is 71.8 Å². The summed E-state index contributed by atoms with van der Waals surface area (Å²) in [6.07, 6.45) is 7.20. The number of unbranched alkanes of at least 4 members (excludes halogenated alkanes) is 1. The topological polar surface area (TPSA) is 70.2 Å². The summed E-state index contributed by atoms with van der Waals surface area (Å²) >= 11 is 0. The van der Waals surface area contributed by atoms with Crippen molar-refractivity contribution < 1.29 is 9.59 Å². The van der Waals surface area contributed by atoms with Crippen LogP contribution in [0.3, 0.4) is 0 Å². The molecular weight excluding hydrogens is 362 g/mol. The molecule has 2 aromatic carbocycles. The molecule has 0 spiro atoms. The van der Waals surface area contributed by atoms with Crippen LogP contribution in [0.5, 0.6) is 0 Å². The minimum Gasteiger partial charge on any atom is -0.340 e. The highest BCUT2D eigenvalue weighted by atomic mass is 16.2. The molecule has 2 aliphatic heterocycles. The monoisotopic (exact) mass is 387 g/mol. The van der Waals surface area contributed by atoms with Gasteiger partial charge in [-0.2, -0.15) is 0 Å². The fourth-order valence-corrected chi connectivity index (χ4v) is 4.47. The van der Waals surface area contributed by atoms with Gasteiger partial charge in [0.05, 0.1) is 24.3 Å². The maximum Gasteiger partial charge on any atom is 0.227 e. The number of ketones is 1. The van der Waals surface area contributed by atoms with Crippen molar-refractivity contribution in [3.8, 4) is 12.3 Å². The van der Waals surface area contributed by atoms with Crippen LogP contribution < -0.4 is 16.0 Å². The Hall–Kier alpha value is -2.94. The molecule has 5 nitrogen and oxygen atoms in total. The maximum absolute atomic E-state index is 13.3. The number of hydrogen-bond acceptors (Lipinski definition) is 4. The molecule has 0 radical (unpaired) electrons. The number of nitrogens with one attached hydrogen (secondary N) is 3. The van der Waals surface area contributed by atoms with E-state index in [-0.39, 0.29) is 35.9 Å². The highest BCUT2D eigenvalue weighted by Gasteiger charge is 2.52. The van der Waals surface area contributed by atoms with E-state index in [1.807, 2.05) is 60.7 Å².